The number of aliphatic hydroxyl groups excluding tert-OH is 1. The number of amides is 2. The highest BCUT2D eigenvalue weighted by Crippen LogP contribution is 2.47. The van der Waals surface area contributed by atoms with E-state index in [2.05, 4.69) is 10.6 Å². The SMILES string of the molecule is O=C(COc1ccc(Cl)cc1)NC12CCC(NC(=O)COc3ccc(Cl)cc3)(CC1)[C@H](O)C2. The van der Waals surface area contributed by atoms with Gasteiger partial charge < -0.3 is 25.2 Å². The Kier molecular flexibility index (Phi) is 7.02. The number of carbonyl (C=O) groups is 2. The number of hydrogen-bond acceptors (Lipinski definition) is 5. The van der Waals surface area contributed by atoms with E-state index < -0.39 is 17.2 Å². The van der Waals surface area contributed by atoms with Crippen molar-refractivity contribution in [3.63, 3.8) is 0 Å². The molecule has 0 saturated heterocycles. The van der Waals surface area contributed by atoms with Gasteiger partial charge in [-0.15, -0.1) is 0 Å². The fourth-order valence-electron chi connectivity index (χ4n) is 4.67. The van der Waals surface area contributed by atoms with Crippen molar-refractivity contribution in [2.45, 2.75) is 49.3 Å². The van der Waals surface area contributed by atoms with Crippen LogP contribution in [-0.4, -0.2) is 47.3 Å². The summed E-state index contributed by atoms with van der Waals surface area (Å²) in [5.74, 6) is 0.565. The van der Waals surface area contributed by atoms with E-state index in [0.29, 0.717) is 53.6 Å². The van der Waals surface area contributed by atoms with Gasteiger partial charge >= 0.3 is 0 Å². The zero-order valence-corrected chi connectivity index (χ0v) is 19.5. The molecule has 3 saturated carbocycles. The Morgan fingerprint density at radius 2 is 1.27 bits per heavy atom. The summed E-state index contributed by atoms with van der Waals surface area (Å²) in [5.41, 5.74) is -1.20. The molecule has 3 fully saturated rings. The molecular formula is C24H26Cl2N2O5. The van der Waals surface area contributed by atoms with Crippen LogP contribution in [0.2, 0.25) is 10.0 Å². The minimum Gasteiger partial charge on any atom is -0.484 e. The van der Waals surface area contributed by atoms with Crippen molar-refractivity contribution in [1.29, 1.82) is 0 Å². The summed E-state index contributed by atoms with van der Waals surface area (Å²) >= 11 is 11.7. The van der Waals surface area contributed by atoms with E-state index in [1.54, 1.807) is 48.5 Å². The van der Waals surface area contributed by atoms with Gasteiger partial charge in [0.25, 0.3) is 11.8 Å². The van der Waals surface area contributed by atoms with Crippen molar-refractivity contribution in [1.82, 2.24) is 10.6 Å². The molecule has 2 amide bonds. The summed E-state index contributed by atoms with van der Waals surface area (Å²) < 4.78 is 11.0. The number of halogens is 2. The predicted molar refractivity (Wildman–Crippen MR) is 125 cm³/mol. The first kappa shape index (κ1) is 23.7. The molecule has 0 unspecified atom stereocenters. The second-order valence-corrected chi connectivity index (χ2v) is 9.61. The smallest absolute Gasteiger partial charge is 0.258 e. The maximum Gasteiger partial charge on any atom is 0.258 e. The van der Waals surface area contributed by atoms with E-state index in [4.69, 9.17) is 32.7 Å². The Morgan fingerprint density at radius 1 is 0.818 bits per heavy atom. The molecule has 2 aromatic rings. The van der Waals surface area contributed by atoms with Crippen LogP contribution < -0.4 is 20.1 Å². The van der Waals surface area contributed by atoms with Crippen LogP contribution in [-0.2, 0) is 9.59 Å². The first-order valence-electron chi connectivity index (χ1n) is 10.8. The second-order valence-electron chi connectivity index (χ2n) is 8.74. The molecule has 0 spiro atoms. The minimum atomic E-state index is -0.767. The molecule has 176 valence electrons. The Morgan fingerprint density at radius 3 is 1.73 bits per heavy atom. The largest absolute Gasteiger partial charge is 0.484 e. The first-order valence-corrected chi connectivity index (χ1v) is 11.6. The van der Waals surface area contributed by atoms with E-state index in [1.165, 1.54) is 0 Å². The maximum atomic E-state index is 12.5. The van der Waals surface area contributed by atoms with Gasteiger partial charge in [-0.3, -0.25) is 9.59 Å². The summed E-state index contributed by atoms with van der Waals surface area (Å²) in [6.45, 7) is -0.274. The number of fused-ring (bicyclic) bond motifs is 3. The van der Waals surface area contributed by atoms with E-state index in [9.17, 15) is 14.7 Å². The van der Waals surface area contributed by atoms with Crippen LogP contribution >= 0.6 is 23.2 Å². The lowest BCUT2D eigenvalue weighted by molar-refractivity contribution is -0.137. The maximum absolute atomic E-state index is 12.5. The average Bonchev–Trinajstić information content (AvgIpc) is 2.79. The van der Waals surface area contributed by atoms with Crippen molar-refractivity contribution in [3.05, 3.63) is 58.6 Å². The number of carbonyl (C=O) groups excluding carboxylic acids is 2. The summed E-state index contributed by atoms with van der Waals surface area (Å²) in [6.07, 6.45) is 2.07. The molecule has 0 radical (unpaired) electrons. The summed E-state index contributed by atoms with van der Waals surface area (Å²) in [5, 5.41) is 18.1. The van der Waals surface area contributed by atoms with E-state index >= 15 is 0 Å². The molecule has 3 aliphatic carbocycles. The minimum absolute atomic E-state index is 0.122. The molecule has 3 N–H and O–H groups in total. The fraction of sp³-hybridized carbons (Fsp3) is 0.417. The van der Waals surface area contributed by atoms with Gasteiger partial charge in [0.2, 0.25) is 0 Å². The van der Waals surface area contributed by atoms with Gasteiger partial charge in [-0.25, -0.2) is 0 Å². The first-order chi connectivity index (χ1) is 15.8. The lowest BCUT2D eigenvalue weighted by atomic mass is 9.60. The number of benzene rings is 2. The molecule has 7 nitrogen and oxygen atoms in total. The van der Waals surface area contributed by atoms with Crippen LogP contribution in [0.25, 0.3) is 0 Å². The molecule has 0 heterocycles. The Balaban J connectivity index is 1.27. The Hall–Kier alpha value is -2.48. The zero-order chi connectivity index (χ0) is 23.5. The Labute approximate surface area is 202 Å². The van der Waals surface area contributed by atoms with Crippen molar-refractivity contribution >= 4 is 35.0 Å². The summed E-state index contributed by atoms with van der Waals surface area (Å²) in [4.78, 5) is 25.0. The second kappa shape index (κ2) is 9.79. The quantitative estimate of drug-likeness (QED) is 0.523. The molecule has 5 rings (SSSR count). The monoisotopic (exact) mass is 492 g/mol. The van der Waals surface area contributed by atoms with Crippen LogP contribution in [0, 0.1) is 0 Å². The highest BCUT2D eigenvalue weighted by Gasteiger charge is 2.55. The van der Waals surface area contributed by atoms with Crippen LogP contribution in [0.3, 0.4) is 0 Å². The lowest BCUT2D eigenvalue weighted by Gasteiger charge is -2.56. The van der Waals surface area contributed by atoms with Crippen LogP contribution in [0.1, 0.15) is 32.1 Å². The predicted octanol–water partition coefficient (Wildman–Crippen LogP) is 3.50. The van der Waals surface area contributed by atoms with Gasteiger partial charge in [0, 0.05) is 15.6 Å². The van der Waals surface area contributed by atoms with Gasteiger partial charge in [0.05, 0.1) is 11.6 Å². The molecule has 0 aromatic heterocycles. The van der Waals surface area contributed by atoms with Gasteiger partial charge in [0.15, 0.2) is 13.2 Å². The fourth-order valence-corrected chi connectivity index (χ4v) is 4.92. The van der Waals surface area contributed by atoms with Crippen LogP contribution in [0.4, 0.5) is 0 Å². The van der Waals surface area contributed by atoms with Gasteiger partial charge in [0.1, 0.15) is 11.5 Å². The molecule has 1 atom stereocenters. The summed E-state index contributed by atoms with van der Waals surface area (Å²) in [6, 6.07) is 13.6. The number of nitrogens with one attached hydrogen (secondary N) is 2. The van der Waals surface area contributed by atoms with Crippen molar-refractivity contribution in [2.75, 3.05) is 13.2 Å². The number of hydrogen-bond donors (Lipinski definition) is 3. The third-order valence-electron chi connectivity index (χ3n) is 6.48. The van der Waals surface area contributed by atoms with Crippen LogP contribution in [0.15, 0.2) is 48.5 Å². The van der Waals surface area contributed by atoms with Gasteiger partial charge in [-0.1, -0.05) is 23.2 Å². The normalized spacial score (nSPS) is 25.8. The molecule has 2 bridgehead atoms. The standard InChI is InChI=1S/C24H26Cl2N2O5/c25-16-1-5-18(6-2-16)32-14-21(30)27-23-9-11-24(12-10-23,20(29)13-23)28-22(31)15-33-19-7-3-17(26)4-8-19/h1-8,20,29H,9-15H2,(H,27,30)(H,28,31)/t20-,23?,24?/m1/s1. The topological polar surface area (TPSA) is 96.9 Å². The van der Waals surface area contributed by atoms with Crippen molar-refractivity contribution in [3.8, 4) is 11.5 Å². The van der Waals surface area contributed by atoms with E-state index in [0.717, 1.165) is 0 Å². The van der Waals surface area contributed by atoms with Gasteiger partial charge in [-0.05, 0) is 80.6 Å². The highest BCUT2D eigenvalue weighted by atomic mass is 35.5. The van der Waals surface area contributed by atoms with E-state index in [1.807, 2.05) is 0 Å². The molecule has 2 aromatic carbocycles. The van der Waals surface area contributed by atoms with Gasteiger partial charge in [-0.2, -0.15) is 0 Å². The number of rotatable bonds is 8. The number of ether oxygens (including phenoxy) is 2. The highest BCUT2D eigenvalue weighted by molar-refractivity contribution is 6.30. The third-order valence-corrected chi connectivity index (χ3v) is 6.99. The lowest BCUT2D eigenvalue weighted by Crippen LogP contribution is -2.70. The Bertz CT molecular complexity index is 989. The molecule has 3 aliphatic rings. The third kappa shape index (κ3) is 5.72. The zero-order valence-electron chi connectivity index (χ0n) is 18.0. The van der Waals surface area contributed by atoms with E-state index in [-0.39, 0.29) is 25.0 Å². The van der Waals surface area contributed by atoms with Crippen LogP contribution in [0.5, 0.6) is 11.5 Å². The van der Waals surface area contributed by atoms with Crippen molar-refractivity contribution in [2.24, 2.45) is 0 Å². The average molecular weight is 493 g/mol. The van der Waals surface area contributed by atoms with Crippen molar-refractivity contribution < 1.29 is 24.2 Å². The molecule has 0 aliphatic heterocycles. The molecule has 9 heteroatoms. The summed E-state index contributed by atoms with van der Waals surface area (Å²) in [7, 11) is 0. The molecular weight excluding hydrogens is 467 g/mol. The molecule has 33 heavy (non-hydrogen) atoms. The number of aliphatic hydroxyl groups is 1.